The molecule has 7 nitrogen and oxygen atoms in total. The van der Waals surface area contributed by atoms with Crippen molar-refractivity contribution in [2.75, 3.05) is 6.79 Å². The zero-order chi connectivity index (χ0) is 16.5. The largest absolute Gasteiger partial charge is 0.454 e. The van der Waals surface area contributed by atoms with Crippen molar-refractivity contribution in [2.45, 2.75) is 31.7 Å². The first-order chi connectivity index (χ1) is 11.7. The maximum absolute atomic E-state index is 12.3. The number of H-pyrrole nitrogens is 1. The van der Waals surface area contributed by atoms with Gasteiger partial charge in [-0.2, -0.15) is 5.10 Å². The number of ether oxygens (including phenoxy) is 2. The molecule has 2 heterocycles. The van der Waals surface area contributed by atoms with Crippen molar-refractivity contribution >= 4 is 5.91 Å². The molecule has 24 heavy (non-hydrogen) atoms. The van der Waals surface area contributed by atoms with Gasteiger partial charge in [-0.25, -0.2) is 5.10 Å². The van der Waals surface area contributed by atoms with Gasteiger partial charge in [-0.3, -0.25) is 9.59 Å². The highest BCUT2D eigenvalue weighted by Gasteiger charge is 2.22. The summed E-state index contributed by atoms with van der Waals surface area (Å²) in [4.78, 5) is 23.7. The molecular weight excluding hydrogens is 310 g/mol. The van der Waals surface area contributed by atoms with Gasteiger partial charge in [-0.1, -0.05) is 6.07 Å². The minimum atomic E-state index is -0.207. The van der Waals surface area contributed by atoms with Crippen LogP contribution >= 0.6 is 0 Å². The first kappa shape index (κ1) is 14.7. The number of aromatic nitrogens is 2. The summed E-state index contributed by atoms with van der Waals surface area (Å²) in [6.07, 6.45) is 2.49. The molecule has 1 amide bonds. The van der Waals surface area contributed by atoms with Crippen molar-refractivity contribution in [1.82, 2.24) is 15.5 Å². The molecule has 1 aliphatic heterocycles. The Morgan fingerprint density at radius 3 is 3.08 bits per heavy atom. The van der Waals surface area contributed by atoms with Crippen LogP contribution in [-0.2, 0) is 24.1 Å². The van der Waals surface area contributed by atoms with E-state index in [0.29, 0.717) is 17.9 Å². The summed E-state index contributed by atoms with van der Waals surface area (Å²) in [5.74, 6) is 1.35. The van der Waals surface area contributed by atoms with Crippen molar-refractivity contribution < 1.29 is 14.3 Å². The van der Waals surface area contributed by atoms with E-state index in [9.17, 15) is 9.59 Å². The van der Waals surface area contributed by atoms with Gasteiger partial charge in [0.25, 0.3) is 5.56 Å². The quantitative estimate of drug-likeness (QED) is 0.866. The number of carbonyl (C=O) groups is 1. The molecule has 1 aromatic heterocycles. The van der Waals surface area contributed by atoms with Crippen molar-refractivity contribution in [3.63, 3.8) is 0 Å². The molecule has 0 saturated carbocycles. The number of rotatable bonds is 3. The number of amides is 1. The molecule has 0 radical (unpaired) electrons. The monoisotopic (exact) mass is 327 g/mol. The summed E-state index contributed by atoms with van der Waals surface area (Å²) in [5.41, 5.74) is 2.50. The van der Waals surface area contributed by atoms with Crippen LogP contribution in [0.15, 0.2) is 29.1 Å². The molecule has 2 N–H and O–H groups in total. The van der Waals surface area contributed by atoms with Gasteiger partial charge in [-0.05, 0) is 42.5 Å². The highest BCUT2D eigenvalue weighted by Crippen LogP contribution is 2.32. The fourth-order valence-corrected chi connectivity index (χ4v) is 3.18. The lowest BCUT2D eigenvalue weighted by atomic mass is 9.92. The number of nitrogens with zero attached hydrogens (tertiary/aromatic N) is 1. The molecule has 2 aromatic rings. The molecule has 0 fully saturated rings. The van der Waals surface area contributed by atoms with Gasteiger partial charge < -0.3 is 14.8 Å². The first-order valence-electron chi connectivity index (χ1n) is 7.93. The van der Waals surface area contributed by atoms with Crippen LogP contribution in [0.3, 0.4) is 0 Å². The summed E-state index contributed by atoms with van der Waals surface area (Å²) >= 11 is 0. The maximum Gasteiger partial charge on any atom is 0.264 e. The molecular formula is C17H17N3O4. The highest BCUT2D eigenvalue weighted by molar-refractivity contribution is 5.79. The molecule has 1 aliphatic carbocycles. The van der Waals surface area contributed by atoms with Gasteiger partial charge in [0.05, 0.1) is 12.1 Å². The number of aromatic amines is 1. The fraction of sp³-hybridized carbons (Fsp3) is 0.353. The Balaban J connectivity index is 1.39. The molecule has 0 saturated heterocycles. The van der Waals surface area contributed by atoms with Crippen molar-refractivity contribution in [1.29, 1.82) is 0 Å². The summed E-state index contributed by atoms with van der Waals surface area (Å²) in [6.45, 7) is 0.222. The van der Waals surface area contributed by atoms with Crippen molar-refractivity contribution in [2.24, 2.45) is 0 Å². The molecule has 0 spiro atoms. The smallest absolute Gasteiger partial charge is 0.264 e. The third-order valence-corrected chi connectivity index (χ3v) is 4.34. The zero-order valence-corrected chi connectivity index (χ0v) is 13.0. The Labute approximate surface area is 138 Å². The second-order valence-corrected chi connectivity index (χ2v) is 6.08. The average molecular weight is 327 g/mol. The fourth-order valence-electron chi connectivity index (χ4n) is 3.18. The van der Waals surface area contributed by atoms with Crippen LogP contribution in [0.1, 0.15) is 23.2 Å². The molecule has 0 bridgehead atoms. The van der Waals surface area contributed by atoms with Crippen LogP contribution < -0.4 is 20.3 Å². The summed E-state index contributed by atoms with van der Waals surface area (Å²) in [6, 6.07) is 7.12. The lowest BCUT2D eigenvalue weighted by Crippen LogP contribution is -2.40. The van der Waals surface area contributed by atoms with Crippen LogP contribution in [0.25, 0.3) is 0 Å². The Kier molecular flexibility index (Phi) is 3.68. The van der Waals surface area contributed by atoms with E-state index in [1.807, 2.05) is 18.2 Å². The summed E-state index contributed by atoms with van der Waals surface area (Å²) in [5, 5.41) is 9.55. The number of benzene rings is 1. The summed E-state index contributed by atoms with van der Waals surface area (Å²) < 4.78 is 10.6. The van der Waals surface area contributed by atoms with Gasteiger partial charge in [0.1, 0.15) is 0 Å². The predicted molar refractivity (Wildman–Crippen MR) is 85.1 cm³/mol. The van der Waals surface area contributed by atoms with E-state index in [1.165, 1.54) is 0 Å². The van der Waals surface area contributed by atoms with E-state index < -0.39 is 0 Å². The number of nitrogens with one attached hydrogen (secondary N) is 2. The minimum Gasteiger partial charge on any atom is -0.454 e. The lowest BCUT2D eigenvalue weighted by molar-refractivity contribution is -0.121. The Morgan fingerprint density at radius 1 is 1.29 bits per heavy atom. The van der Waals surface area contributed by atoms with E-state index in [2.05, 4.69) is 15.5 Å². The number of fused-ring (bicyclic) bond motifs is 2. The average Bonchev–Trinajstić information content (AvgIpc) is 3.02. The Hall–Kier alpha value is -2.83. The first-order valence-corrected chi connectivity index (χ1v) is 7.93. The molecule has 7 heteroatoms. The molecule has 124 valence electrons. The number of hydrogen-bond donors (Lipinski definition) is 2. The van der Waals surface area contributed by atoms with Crippen LogP contribution in [0, 0.1) is 0 Å². The lowest BCUT2D eigenvalue weighted by Gasteiger charge is -2.24. The highest BCUT2D eigenvalue weighted by atomic mass is 16.7. The van der Waals surface area contributed by atoms with Crippen molar-refractivity contribution in [3.05, 3.63) is 51.4 Å². The Morgan fingerprint density at radius 2 is 2.17 bits per heavy atom. The number of carbonyl (C=O) groups excluding carboxylic acids is 1. The van der Waals surface area contributed by atoms with Gasteiger partial charge in [0.15, 0.2) is 11.5 Å². The molecule has 2 aliphatic rings. The van der Waals surface area contributed by atoms with Gasteiger partial charge in [-0.15, -0.1) is 0 Å². The second kappa shape index (κ2) is 5.99. The van der Waals surface area contributed by atoms with Gasteiger partial charge in [0, 0.05) is 12.1 Å². The molecule has 4 rings (SSSR count). The normalized spacial score (nSPS) is 18.1. The maximum atomic E-state index is 12.3. The van der Waals surface area contributed by atoms with Crippen LogP contribution in [0.5, 0.6) is 11.5 Å². The van der Waals surface area contributed by atoms with E-state index in [0.717, 1.165) is 29.7 Å². The van der Waals surface area contributed by atoms with E-state index >= 15 is 0 Å². The standard InChI is InChI=1S/C17H17N3O4/c21-16(6-10-1-4-14-15(5-10)24-9-23-14)18-12-2-3-13-11(7-12)8-17(22)20-19-13/h1,4-5,8,12H,2-3,6-7,9H2,(H,18,21)(H,20,22)/t12-/m1/s1. The van der Waals surface area contributed by atoms with Crippen LogP contribution in [0.2, 0.25) is 0 Å². The predicted octanol–water partition coefficient (Wildman–Crippen LogP) is 0.715. The van der Waals surface area contributed by atoms with Gasteiger partial charge >= 0.3 is 0 Å². The Bertz CT molecular complexity index is 846. The van der Waals surface area contributed by atoms with Crippen LogP contribution in [0.4, 0.5) is 0 Å². The van der Waals surface area contributed by atoms with E-state index in [-0.39, 0.29) is 30.7 Å². The van der Waals surface area contributed by atoms with E-state index in [1.54, 1.807) is 6.07 Å². The second-order valence-electron chi connectivity index (χ2n) is 6.08. The minimum absolute atomic E-state index is 0.0302. The summed E-state index contributed by atoms with van der Waals surface area (Å²) in [7, 11) is 0. The third-order valence-electron chi connectivity index (χ3n) is 4.34. The van der Waals surface area contributed by atoms with Crippen molar-refractivity contribution in [3.8, 4) is 11.5 Å². The number of aryl methyl sites for hydroxylation is 1. The zero-order valence-electron chi connectivity index (χ0n) is 13.0. The SMILES string of the molecule is O=C(Cc1ccc2c(c1)OCO2)N[C@@H]1CCc2n[nH]c(=O)cc2C1. The molecule has 0 unspecified atom stereocenters. The topological polar surface area (TPSA) is 93.3 Å². The van der Waals surface area contributed by atoms with Gasteiger partial charge in [0.2, 0.25) is 12.7 Å². The molecule has 1 aromatic carbocycles. The third kappa shape index (κ3) is 2.97. The van der Waals surface area contributed by atoms with E-state index in [4.69, 9.17) is 9.47 Å². The number of hydrogen-bond acceptors (Lipinski definition) is 5. The van der Waals surface area contributed by atoms with Crippen LogP contribution in [-0.4, -0.2) is 28.9 Å². The molecule has 1 atom stereocenters.